The number of nitrogens with one attached hydrogen (secondary N) is 1. The van der Waals surface area contributed by atoms with Gasteiger partial charge in [-0.05, 0) is 62.4 Å². The van der Waals surface area contributed by atoms with Crippen molar-refractivity contribution in [2.24, 2.45) is 11.8 Å². The number of carbonyl (C=O) groups is 1. The summed E-state index contributed by atoms with van der Waals surface area (Å²) in [6.07, 6.45) is 4.66. The quantitative estimate of drug-likeness (QED) is 0.498. The van der Waals surface area contributed by atoms with E-state index in [1.807, 2.05) is 12.1 Å². The average molecular weight is 477 g/mol. The van der Waals surface area contributed by atoms with E-state index in [4.69, 9.17) is 0 Å². The zero-order valence-electron chi connectivity index (χ0n) is 21.7. The number of carbonyl (C=O) groups excluding carboxylic acids is 1. The molecule has 1 N–H and O–H groups in total. The van der Waals surface area contributed by atoms with Crippen molar-refractivity contribution >= 4 is 6.29 Å². The molecule has 2 fully saturated rings. The number of rotatable bonds is 11. The molecular formula is C30H44N4O. The summed E-state index contributed by atoms with van der Waals surface area (Å²) in [7, 11) is 2.24. The number of nitrogens with zero attached hydrogens (tertiary/aromatic N) is 3. The van der Waals surface area contributed by atoms with Gasteiger partial charge in [0.25, 0.3) is 0 Å². The fourth-order valence-corrected chi connectivity index (χ4v) is 5.77. The zero-order valence-corrected chi connectivity index (χ0v) is 21.7. The van der Waals surface area contributed by atoms with Gasteiger partial charge in [-0.15, -0.1) is 0 Å². The molecule has 0 saturated carbocycles. The lowest BCUT2D eigenvalue weighted by Gasteiger charge is -2.39. The van der Waals surface area contributed by atoms with Gasteiger partial charge in [0.05, 0.1) is 12.1 Å². The highest BCUT2D eigenvalue weighted by Gasteiger charge is 2.25. The minimum atomic E-state index is -0.166. The first-order chi connectivity index (χ1) is 17.1. The molecule has 5 nitrogen and oxygen atoms in total. The van der Waals surface area contributed by atoms with Crippen molar-refractivity contribution in [3.8, 4) is 0 Å². The van der Waals surface area contributed by atoms with Crippen LogP contribution < -0.4 is 5.32 Å². The first kappa shape index (κ1) is 26.0. The first-order valence-electron chi connectivity index (χ1n) is 13.5. The Labute approximate surface area is 212 Å². The van der Waals surface area contributed by atoms with Crippen LogP contribution in [0.1, 0.15) is 43.4 Å². The van der Waals surface area contributed by atoms with Crippen molar-refractivity contribution in [3.05, 3.63) is 71.8 Å². The Morgan fingerprint density at radius 3 is 1.94 bits per heavy atom. The second kappa shape index (κ2) is 13.3. The molecule has 35 heavy (non-hydrogen) atoms. The van der Waals surface area contributed by atoms with Crippen LogP contribution in [0, 0.1) is 11.8 Å². The van der Waals surface area contributed by atoms with Gasteiger partial charge < -0.3 is 19.5 Å². The van der Waals surface area contributed by atoms with Crippen molar-refractivity contribution in [1.82, 2.24) is 20.0 Å². The molecule has 4 rings (SSSR count). The highest BCUT2D eigenvalue weighted by atomic mass is 16.1. The molecule has 0 amide bonds. The molecule has 0 aliphatic carbocycles. The largest absolute Gasteiger partial charge is 0.306 e. The van der Waals surface area contributed by atoms with Crippen LogP contribution in [0.15, 0.2) is 60.7 Å². The molecule has 2 aromatic rings. The number of piperazine rings is 1. The van der Waals surface area contributed by atoms with Crippen molar-refractivity contribution in [2.75, 3.05) is 59.4 Å². The van der Waals surface area contributed by atoms with Crippen LogP contribution in [0.25, 0.3) is 0 Å². The van der Waals surface area contributed by atoms with E-state index in [1.165, 1.54) is 56.7 Å². The second-order valence-electron chi connectivity index (χ2n) is 10.9. The van der Waals surface area contributed by atoms with E-state index >= 15 is 0 Å². The lowest BCUT2D eigenvalue weighted by Crippen LogP contribution is -2.49. The van der Waals surface area contributed by atoms with Gasteiger partial charge in [-0.2, -0.15) is 0 Å². The van der Waals surface area contributed by atoms with Crippen molar-refractivity contribution in [2.45, 2.75) is 38.3 Å². The van der Waals surface area contributed by atoms with Crippen LogP contribution in [0.4, 0.5) is 0 Å². The molecule has 190 valence electrons. The van der Waals surface area contributed by atoms with E-state index in [0.717, 1.165) is 38.3 Å². The number of aldehydes is 1. The predicted octanol–water partition coefficient (Wildman–Crippen LogP) is 3.92. The summed E-state index contributed by atoms with van der Waals surface area (Å²) in [6.45, 7) is 11.8. The molecule has 5 heteroatoms. The Bertz CT molecular complexity index is 821. The molecule has 0 aromatic heterocycles. The van der Waals surface area contributed by atoms with Crippen LogP contribution in [0.3, 0.4) is 0 Å². The van der Waals surface area contributed by atoms with Crippen LogP contribution in [-0.4, -0.2) is 86.4 Å². The van der Waals surface area contributed by atoms with Gasteiger partial charge in [0.15, 0.2) is 0 Å². The molecule has 2 heterocycles. The van der Waals surface area contributed by atoms with Gasteiger partial charge in [-0.1, -0.05) is 67.6 Å². The monoisotopic (exact) mass is 476 g/mol. The molecule has 2 aliphatic rings. The highest BCUT2D eigenvalue weighted by molar-refractivity contribution is 5.58. The average Bonchev–Trinajstić information content (AvgIpc) is 2.90. The number of piperidine rings is 1. The number of likely N-dealkylation sites (tertiary alicyclic amines) is 1. The third kappa shape index (κ3) is 7.97. The Morgan fingerprint density at radius 2 is 1.40 bits per heavy atom. The van der Waals surface area contributed by atoms with E-state index in [1.54, 1.807) is 0 Å². The fourth-order valence-electron chi connectivity index (χ4n) is 5.77. The van der Waals surface area contributed by atoms with Gasteiger partial charge in [0.2, 0.25) is 0 Å². The van der Waals surface area contributed by atoms with E-state index in [-0.39, 0.29) is 12.1 Å². The van der Waals surface area contributed by atoms with Crippen molar-refractivity contribution in [3.63, 3.8) is 0 Å². The zero-order chi connectivity index (χ0) is 24.5. The Morgan fingerprint density at radius 1 is 0.857 bits per heavy atom. The summed E-state index contributed by atoms with van der Waals surface area (Å²) < 4.78 is 0. The number of benzene rings is 2. The fraction of sp³-hybridized carbons (Fsp3) is 0.567. The summed E-state index contributed by atoms with van der Waals surface area (Å²) in [4.78, 5) is 19.8. The minimum absolute atomic E-state index is 0.0166. The van der Waals surface area contributed by atoms with Crippen molar-refractivity contribution in [1.29, 1.82) is 0 Å². The molecule has 2 saturated heterocycles. The van der Waals surface area contributed by atoms with E-state index in [9.17, 15) is 4.79 Å². The van der Waals surface area contributed by atoms with Gasteiger partial charge >= 0.3 is 0 Å². The molecule has 2 aromatic carbocycles. The summed E-state index contributed by atoms with van der Waals surface area (Å²) in [5.74, 6) is 1.34. The van der Waals surface area contributed by atoms with E-state index in [2.05, 4.69) is 82.5 Å². The lowest BCUT2D eigenvalue weighted by atomic mass is 9.95. The number of hydrogen-bond donors (Lipinski definition) is 1. The summed E-state index contributed by atoms with van der Waals surface area (Å²) in [5, 5.41) is 3.66. The predicted molar refractivity (Wildman–Crippen MR) is 145 cm³/mol. The minimum Gasteiger partial charge on any atom is -0.306 e. The van der Waals surface area contributed by atoms with Gasteiger partial charge in [-0.3, -0.25) is 5.32 Å². The third-order valence-electron chi connectivity index (χ3n) is 7.86. The smallest absolute Gasteiger partial charge is 0.136 e. The third-order valence-corrected chi connectivity index (χ3v) is 7.86. The maximum Gasteiger partial charge on any atom is 0.136 e. The van der Waals surface area contributed by atoms with Crippen LogP contribution in [0.5, 0.6) is 0 Å². The molecule has 0 spiro atoms. The summed E-state index contributed by atoms with van der Waals surface area (Å²) >= 11 is 0. The molecule has 2 aliphatic heterocycles. The molecule has 2 unspecified atom stereocenters. The molecule has 0 bridgehead atoms. The van der Waals surface area contributed by atoms with E-state index < -0.39 is 0 Å². The van der Waals surface area contributed by atoms with Crippen LogP contribution in [0.2, 0.25) is 0 Å². The maximum atomic E-state index is 12.1. The number of hydrogen-bond acceptors (Lipinski definition) is 5. The summed E-state index contributed by atoms with van der Waals surface area (Å²) in [5.41, 5.74) is 2.39. The van der Waals surface area contributed by atoms with Crippen LogP contribution in [-0.2, 0) is 4.79 Å². The Hall–Kier alpha value is -2.05. The van der Waals surface area contributed by atoms with Gasteiger partial charge in [-0.25, -0.2) is 0 Å². The second-order valence-corrected chi connectivity index (χ2v) is 10.9. The molecular weight excluding hydrogens is 432 g/mol. The standard InChI is InChI=1S/C30H44N4O/c1-25(22-33-17-19-34(20-18-33)23-26-13-15-32(2)16-14-26)21-29(24-35)31-30(27-9-5-3-6-10-27)28-11-7-4-8-12-28/h3-12,24-26,29-31H,13-23H2,1-2H3. The molecule has 0 radical (unpaired) electrons. The maximum absolute atomic E-state index is 12.1. The Kier molecular flexibility index (Phi) is 9.90. The highest BCUT2D eigenvalue weighted by Crippen LogP contribution is 2.24. The van der Waals surface area contributed by atoms with Gasteiger partial charge in [0.1, 0.15) is 6.29 Å². The topological polar surface area (TPSA) is 38.8 Å². The van der Waals surface area contributed by atoms with E-state index in [0.29, 0.717) is 5.92 Å². The van der Waals surface area contributed by atoms with Gasteiger partial charge in [0, 0.05) is 39.3 Å². The van der Waals surface area contributed by atoms with Crippen LogP contribution >= 0.6 is 0 Å². The lowest BCUT2D eigenvalue weighted by molar-refractivity contribution is -0.110. The first-order valence-corrected chi connectivity index (χ1v) is 13.5. The molecule has 2 atom stereocenters. The SMILES string of the molecule is CC(CC(C=O)NC(c1ccccc1)c1ccccc1)CN1CCN(CC2CCN(C)CC2)CC1. The normalized spacial score (nSPS) is 20.7. The Balaban J connectivity index is 1.25. The summed E-state index contributed by atoms with van der Waals surface area (Å²) in [6, 6.07) is 20.8. The van der Waals surface area contributed by atoms with Crippen molar-refractivity contribution < 1.29 is 4.79 Å².